The van der Waals surface area contributed by atoms with E-state index in [1.54, 1.807) is 0 Å². The minimum absolute atomic E-state index is 0.213. The molecule has 2 rings (SSSR count). The van der Waals surface area contributed by atoms with Crippen LogP contribution in [-0.2, 0) is 27.4 Å². The first kappa shape index (κ1) is 16.9. The number of hydrogen-bond donors (Lipinski definition) is 2. The Labute approximate surface area is 127 Å². The number of primary amides is 1. The van der Waals surface area contributed by atoms with Crippen LogP contribution in [0.2, 0.25) is 0 Å². The van der Waals surface area contributed by atoms with Crippen LogP contribution in [0.4, 0.5) is 13.2 Å². The molecule has 0 saturated carbocycles. The summed E-state index contributed by atoms with van der Waals surface area (Å²) in [5.41, 5.74) is 4.92. The fraction of sp³-hybridized carbons (Fsp3) is 0.182. The highest BCUT2D eigenvalue weighted by Crippen LogP contribution is 2.31. The second-order valence-electron chi connectivity index (χ2n) is 4.44. The van der Waals surface area contributed by atoms with E-state index in [1.807, 2.05) is 0 Å². The second kappa shape index (κ2) is 5.62. The van der Waals surface area contributed by atoms with E-state index in [4.69, 9.17) is 10.9 Å². The molecule has 124 valence electrons. The monoisotopic (exact) mass is 350 g/mol. The van der Waals surface area contributed by atoms with Crippen molar-refractivity contribution in [3.05, 3.63) is 29.7 Å². The third-order valence-electron chi connectivity index (χ3n) is 2.64. The summed E-state index contributed by atoms with van der Waals surface area (Å²) in [6.07, 6.45) is -5.15. The van der Waals surface area contributed by atoms with Gasteiger partial charge in [0.05, 0.1) is 11.3 Å². The highest BCUT2D eigenvalue weighted by Gasteiger charge is 2.39. The number of hydrogen-bond acceptors (Lipinski definition) is 6. The van der Waals surface area contributed by atoms with E-state index in [2.05, 4.69) is 14.7 Å². The Morgan fingerprint density at radius 2 is 1.96 bits per heavy atom. The molecule has 0 aliphatic carbocycles. The first-order chi connectivity index (χ1) is 10.5. The predicted octanol–water partition coefficient (Wildman–Crippen LogP) is 0.431. The fourth-order valence-corrected chi connectivity index (χ4v) is 2.53. The summed E-state index contributed by atoms with van der Waals surface area (Å²) in [6, 6.07) is 3.42. The van der Waals surface area contributed by atoms with E-state index in [-0.39, 0.29) is 17.5 Å². The maximum absolute atomic E-state index is 12.5. The van der Waals surface area contributed by atoms with Crippen molar-refractivity contribution in [2.45, 2.75) is 17.5 Å². The zero-order valence-corrected chi connectivity index (χ0v) is 12.0. The van der Waals surface area contributed by atoms with E-state index in [0.717, 1.165) is 12.1 Å². The zero-order valence-electron chi connectivity index (χ0n) is 11.2. The average molecular weight is 350 g/mol. The molecular formula is C11H9F3N4O4S. The quantitative estimate of drug-likeness (QED) is 0.819. The molecule has 1 heterocycles. The Bertz CT molecular complexity index is 860. The molecule has 8 nitrogen and oxygen atoms in total. The Morgan fingerprint density at radius 3 is 2.43 bits per heavy atom. The number of nitrogens with two attached hydrogens (primary N) is 2. The van der Waals surface area contributed by atoms with E-state index < -0.39 is 38.7 Å². The number of primary sulfonamides is 1. The molecule has 0 fully saturated rings. The second-order valence-corrected chi connectivity index (χ2v) is 5.97. The van der Waals surface area contributed by atoms with Crippen LogP contribution in [0.3, 0.4) is 0 Å². The number of carbonyl (C=O) groups excluding carboxylic acids is 1. The van der Waals surface area contributed by atoms with Gasteiger partial charge in [0, 0.05) is 5.56 Å². The highest BCUT2D eigenvalue weighted by atomic mass is 32.2. The van der Waals surface area contributed by atoms with Gasteiger partial charge in [-0.15, -0.1) is 0 Å². The molecule has 0 aliphatic rings. The van der Waals surface area contributed by atoms with Crippen molar-refractivity contribution < 1.29 is 30.9 Å². The van der Waals surface area contributed by atoms with E-state index in [9.17, 15) is 26.4 Å². The lowest BCUT2D eigenvalue weighted by molar-refractivity contribution is -0.159. The maximum Gasteiger partial charge on any atom is 0.471 e. The van der Waals surface area contributed by atoms with Crippen LogP contribution in [0.1, 0.15) is 11.5 Å². The number of alkyl halides is 3. The van der Waals surface area contributed by atoms with Gasteiger partial charge >= 0.3 is 12.1 Å². The molecule has 0 saturated heterocycles. The predicted molar refractivity (Wildman–Crippen MR) is 69.0 cm³/mol. The van der Waals surface area contributed by atoms with Gasteiger partial charge in [-0.3, -0.25) is 4.79 Å². The summed E-state index contributed by atoms with van der Waals surface area (Å²) >= 11 is 0. The van der Waals surface area contributed by atoms with Crippen LogP contribution < -0.4 is 10.9 Å². The summed E-state index contributed by atoms with van der Waals surface area (Å²) in [5.74, 6) is -2.96. The van der Waals surface area contributed by atoms with Crippen molar-refractivity contribution in [3.8, 4) is 11.4 Å². The zero-order chi connectivity index (χ0) is 17.4. The van der Waals surface area contributed by atoms with E-state index in [0.29, 0.717) is 0 Å². The molecule has 0 spiro atoms. The van der Waals surface area contributed by atoms with Crippen molar-refractivity contribution in [1.82, 2.24) is 10.1 Å². The van der Waals surface area contributed by atoms with Crippen LogP contribution in [0.5, 0.6) is 0 Å². The number of rotatable bonds is 4. The first-order valence-corrected chi connectivity index (χ1v) is 7.38. The lowest BCUT2D eigenvalue weighted by Gasteiger charge is -2.07. The number of halogens is 3. The number of sulfonamides is 1. The van der Waals surface area contributed by atoms with Crippen molar-refractivity contribution in [3.63, 3.8) is 0 Å². The molecule has 1 aromatic carbocycles. The Morgan fingerprint density at radius 1 is 1.30 bits per heavy atom. The van der Waals surface area contributed by atoms with Crippen LogP contribution >= 0.6 is 0 Å². The van der Waals surface area contributed by atoms with Crippen LogP contribution in [0.15, 0.2) is 27.6 Å². The molecule has 12 heteroatoms. The van der Waals surface area contributed by atoms with Gasteiger partial charge in [-0.1, -0.05) is 11.2 Å². The minimum Gasteiger partial charge on any atom is -0.369 e. The number of nitrogens with zero attached hydrogens (tertiary/aromatic N) is 2. The van der Waals surface area contributed by atoms with E-state index >= 15 is 0 Å². The number of aromatic nitrogens is 2. The van der Waals surface area contributed by atoms with Gasteiger partial charge in [-0.2, -0.15) is 18.2 Å². The minimum atomic E-state index is -4.88. The third-order valence-corrected chi connectivity index (χ3v) is 3.59. The summed E-state index contributed by atoms with van der Waals surface area (Å²) in [4.78, 5) is 13.4. The smallest absolute Gasteiger partial charge is 0.369 e. The molecule has 2 aromatic rings. The SMILES string of the molecule is NC(=O)Cc1ccc(-c2noc(C(F)(F)F)n2)c(S(N)(=O)=O)c1. The van der Waals surface area contributed by atoms with Gasteiger partial charge in [0.2, 0.25) is 21.8 Å². The average Bonchev–Trinajstić information content (AvgIpc) is 2.86. The van der Waals surface area contributed by atoms with Gasteiger partial charge in [0.15, 0.2) is 0 Å². The molecule has 1 aromatic heterocycles. The Kier molecular flexibility index (Phi) is 4.13. The molecule has 0 aliphatic heterocycles. The lowest BCUT2D eigenvalue weighted by atomic mass is 10.1. The van der Waals surface area contributed by atoms with Gasteiger partial charge in [-0.05, 0) is 17.7 Å². The lowest BCUT2D eigenvalue weighted by Crippen LogP contribution is -2.17. The molecule has 0 atom stereocenters. The molecule has 4 N–H and O–H groups in total. The highest BCUT2D eigenvalue weighted by molar-refractivity contribution is 7.89. The topological polar surface area (TPSA) is 142 Å². The number of carbonyl (C=O) groups is 1. The Balaban J connectivity index is 2.58. The van der Waals surface area contributed by atoms with Gasteiger partial charge in [-0.25, -0.2) is 13.6 Å². The summed E-state index contributed by atoms with van der Waals surface area (Å²) < 4.78 is 64.7. The summed E-state index contributed by atoms with van der Waals surface area (Å²) in [6.45, 7) is 0. The Hall–Kier alpha value is -2.47. The first-order valence-electron chi connectivity index (χ1n) is 5.84. The molecule has 23 heavy (non-hydrogen) atoms. The van der Waals surface area contributed by atoms with Crippen molar-refractivity contribution in [1.29, 1.82) is 0 Å². The summed E-state index contributed by atoms with van der Waals surface area (Å²) in [5, 5.41) is 8.13. The standard InChI is InChI=1S/C11H9F3N4O4S/c12-11(13,14)10-17-9(18-22-10)6-2-1-5(4-8(15)19)3-7(6)23(16,20)21/h1-3H,4H2,(H2,15,19)(H2,16,20,21). The molecule has 0 radical (unpaired) electrons. The van der Waals surface area contributed by atoms with Crippen molar-refractivity contribution >= 4 is 15.9 Å². The van der Waals surface area contributed by atoms with Gasteiger partial charge in [0.25, 0.3) is 0 Å². The maximum atomic E-state index is 12.5. The van der Waals surface area contributed by atoms with Crippen LogP contribution in [0, 0.1) is 0 Å². The fourth-order valence-electron chi connectivity index (χ4n) is 1.75. The molecule has 0 bridgehead atoms. The normalized spacial score (nSPS) is 12.3. The number of amides is 1. The largest absolute Gasteiger partial charge is 0.471 e. The van der Waals surface area contributed by atoms with E-state index in [1.165, 1.54) is 6.07 Å². The summed E-state index contributed by atoms with van der Waals surface area (Å²) in [7, 11) is -4.32. The van der Waals surface area contributed by atoms with Crippen molar-refractivity contribution in [2.24, 2.45) is 10.9 Å². The van der Waals surface area contributed by atoms with Gasteiger partial charge in [0.1, 0.15) is 0 Å². The van der Waals surface area contributed by atoms with Crippen LogP contribution in [-0.4, -0.2) is 24.5 Å². The molecule has 0 unspecified atom stereocenters. The molecular weight excluding hydrogens is 341 g/mol. The third kappa shape index (κ3) is 3.84. The number of benzene rings is 1. The van der Waals surface area contributed by atoms with Crippen LogP contribution in [0.25, 0.3) is 11.4 Å². The molecule has 1 amide bonds. The van der Waals surface area contributed by atoms with Gasteiger partial charge < -0.3 is 10.3 Å². The van der Waals surface area contributed by atoms with Crippen molar-refractivity contribution in [2.75, 3.05) is 0 Å².